The summed E-state index contributed by atoms with van der Waals surface area (Å²) in [5, 5.41) is 3.76. The molecular formula is C19H25FN2O3S. The van der Waals surface area contributed by atoms with Crippen LogP contribution in [0.25, 0.3) is 0 Å². The Morgan fingerprint density at radius 1 is 1.31 bits per heavy atom. The van der Waals surface area contributed by atoms with Crippen molar-refractivity contribution in [1.29, 1.82) is 0 Å². The number of ether oxygens (including phenoxy) is 2. The van der Waals surface area contributed by atoms with Gasteiger partial charge in [-0.2, -0.15) is 0 Å². The Morgan fingerprint density at radius 2 is 2.00 bits per heavy atom. The first-order valence-electron chi connectivity index (χ1n) is 8.69. The van der Waals surface area contributed by atoms with Crippen LogP contribution in [0.1, 0.15) is 38.3 Å². The minimum absolute atomic E-state index is 0.168. The van der Waals surface area contributed by atoms with Crippen molar-refractivity contribution >= 4 is 23.3 Å². The number of allylic oxidation sites excluding steroid dienone is 1. The zero-order valence-corrected chi connectivity index (χ0v) is 16.2. The Labute approximate surface area is 159 Å². The van der Waals surface area contributed by atoms with Gasteiger partial charge >= 0.3 is 5.97 Å². The smallest absolute Gasteiger partial charge is 0.338 e. The van der Waals surface area contributed by atoms with Crippen LogP contribution in [0.5, 0.6) is 0 Å². The molecule has 0 bridgehead atoms. The number of unbranched alkanes of at least 4 members (excludes halogenated alkanes) is 1. The topological polar surface area (TPSA) is 50.8 Å². The van der Waals surface area contributed by atoms with Gasteiger partial charge in [0.05, 0.1) is 18.2 Å². The van der Waals surface area contributed by atoms with E-state index in [2.05, 4.69) is 12.2 Å². The standard InChI is InChI=1S/C19H25FN2O3S/c1-4-5-10-22-13(2)16(18(23)25-12-11-24-3)17(21-19(22)26)14-6-8-15(20)9-7-14/h6-9,17H,4-5,10-12H2,1-3H3,(H,21,26). The van der Waals surface area contributed by atoms with E-state index in [0.717, 1.165) is 30.6 Å². The molecule has 1 aromatic carbocycles. The number of thiocarbonyl (C=S) groups is 1. The van der Waals surface area contributed by atoms with Crippen LogP contribution in [0.15, 0.2) is 35.5 Å². The summed E-state index contributed by atoms with van der Waals surface area (Å²) in [6.07, 6.45) is 1.97. The molecule has 7 heteroatoms. The van der Waals surface area contributed by atoms with Gasteiger partial charge in [-0.1, -0.05) is 25.5 Å². The van der Waals surface area contributed by atoms with Crippen LogP contribution in [-0.4, -0.2) is 42.8 Å². The fourth-order valence-corrected chi connectivity index (χ4v) is 3.18. The van der Waals surface area contributed by atoms with Crippen molar-refractivity contribution in [1.82, 2.24) is 10.2 Å². The lowest BCUT2D eigenvalue weighted by atomic mass is 9.95. The lowest BCUT2D eigenvalue weighted by Crippen LogP contribution is -2.48. The molecule has 0 saturated carbocycles. The predicted octanol–water partition coefficient (Wildman–Crippen LogP) is 3.32. The van der Waals surface area contributed by atoms with Crippen LogP contribution in [0.2, 0.25) is 0 Å². The van der Waals surface area contributed by atoms with E-state index in [-0.39, 0.29) is 12.4 Å². The number of nitrogens with zero attached hydrogens (tertiary/aromatic N) is 1. The van der Waals surface area contributed by atoms with E-state index in [1.165, 1.54) is 12.1 Å². The number of carbonyl (C=O) groups is 1. The van der Waals surface area contributed by atoms with Gasteiger partial charge in [-0.05, 0) is 43.3 Å². The average Bonchev–Trinajstić information content (AvgIpc) is 2.62. The Balaban J connectivity index is 2.38. The number of rotatable bonds is 8. The van der Waals surface area contributed by atoms with Gasteiger partial charge < -0.3 is 19.7 Å². The van der Waals surface area contributed by atoms with Crippen LogP contribution in [-0.2, 0) is 14.3 Å². The molecule has 0 fully saturated rings. The molecule has 0 radical (unpaired) electrons. The normalized spacial score (nSPS) is 17.3. The van der Waals surface area contributed by atoms with Crippen LogP contribution in [0.4, 0.5) is 4.39 Å². The zero-order valence-electron chi connectivity index (χ0n) is 15.4. The largest absolute Gasteiger partial charge is 0.460 e. The van der Waals surface area contributed by atoms with Gasteiger partial charge in [-0.25, -0.2) is 9.18 Å². The summed E-state index contributed by atoms with van der Waals surface area (Å²) in [5.41, 5.74) is 2.00. The molecule has 1 N–H and O–H groups in total. The quantitative estimate of drug-likeness (QED) is 0.424. The third-order valence-electron chi connectivity index (χ3n) is 4.28. The fraction of sp³-hybridized carbons (Fsp3) is 0.474. The summed E-state index contributed by atoms with van der Waals surface area (Å²) in [6, 6.07) is 5.55. The molecule has 5 nitrogen and oxygen atoms in total. The van der Waals surface area contributed by atoms with E-state index < -0.39 is 12.0 Å². The molecule has 0 aromatic heterocycles. The van der Waals surface area contributed by atoms with Crippen molar-refractivity contribution in [2.75, 3.05) is 26.9 Å². The number of carbonyl (C=O) groups excluding carboxylic acids is 1. The molecule has 1 heterocycles. The Morgan fingerprint density at radius 3 is 2.62 bits per heavy atom. The first-order chi connectivity index (χ1) is 12.5. The lowest BCUT2D eigenvalue weighted by Gasteiger charge is -2.37. The highest BCUT2D eigenvalue weighted by molar-refractivity contribution is 7.80. The number of benzene rings is 1. The first-order valence-corrected chi connectivity index (χ1v) is 9.10. The molecule has 1 aromatic rings. The Bertz CT molecular complexity index is 676. The van der Waals surface area contributed by atoms with Gasteiger partial charge in [0.2, 0.25) is 0 Å². The van der Waals surface area contributed by atoms with E-state index in [4.69, 9.17) is 21.7 Å². The van der Waals surface area contributed by atoms with Gasteiger partial charge in [0.1, 0.15) is 12.4 Å². The van der Waals surface area contributed by atoms with Gasteiger partial charge in [-0.3, -0.25) is 0 Å². The highest BCUT2D eigenvalue weighted by Crippen LogP contribution is 2.31. The fourth-order valence-electron chi connectivity index (χ4n) is 2.83. The molecule has 26 heavy (non-hydrogen) atoms. The van der Waals surface area contributed by atoms with Gasteiger partial charge in [-0.15, -0.1) is 0 Å². The number of hydrogen-bond donors (Lipinski definition) is 1. The molecule has 0 spiro atoms. The van der Waals surface area contributed by atoms with E-state index in [1.54, 1.807) is 19.2 Å². The molecule has 1 unspecified atom stereocenters. The average molecular weight is 380 g/mol. The van der Waals surface area contributed by atoms with Crippen molar-refractivity contribution in [3.63, 3.8) is 0 Å². The maximum atomic E-state index is 13.3. The molecular weight excluding hydrogens is 355 g/mol. The minimum Gasteiger partial charge on any atom is -0.460 e. The van der Waals surface area contributed by atoms with Gasteiger partial charge in [0, 0.05) is 19.4 Å². The molecule has 0 saturated heterocycles. The highest BCUT2D eigenvalue weighted by atomic mass is 32.1. The van der Waals surface area contributed by atoms with Crippen molar-refractivity contribution in [3.8, 4) is 0 Å². The number of halogens is 1. The van der Waals surface area contributed by atoms with E-state index >= 15 is 0 Å². The van der Waals surface area contributed by atoms with Crippen molar-refractivity contribution < 1.29 is 18.7 Å². The molecule has 1 aliphatic heterocycles. The summed E-state index contributed by atoms with van der Waals surface area (Å²) in [4.78, 5) is 14.7. The van der Waals surface area contributed by atoms with Gasteiger partial charge in [0.25, 0.3) is 0 Å². The predicted molar refractivity (Wildman–Crippen MR) is 102 cm³/mol. The molecule has 0 aliphatic carbocycles. The summed E-state index contributed by atoms with van der Waals surface area (Å²) < 4.78 is 23.6. The van der Waals surface area contributed by atoms with E-state index in [1.807, 2.05) is 11.8 Å². The first kappa shape index (κ1) is 20.3. The second-order valence-electron chi connectivity index (χ2n) is 6.07. The molecule has 2 rings (SSSR count). The number of esters is 1. The second-order valence-corrected chi connectivity index (χ2v) is 6.45. The van der Waals surface area contributed by atoms with Crippen molar-refractivity contribution in [3.05, 3.63) is 46.9 Å². The van der Waals surface area contributed by atoms with E-state index in [0.29, 0.717) is 17.3 Å². The third kappa shape index (κ3) is 4.80. The molecule has 1 atom stereocenters. The lowest BCUT2D eigenvalue weighted by molar-refractivity contribution is -0.140. The summed E-state index contributed by atoms with van der Waals surface area (Å²) in [7, 11) is 1.55. The Kier molecular flexibility index (Phi) is 7.53. The van der Waals surface area contributed by atoms with Crippen LogP contribution in [0.3, 0.4) is 0 Å². The SMILES string of the molecule is CCCCN1C(=S)NC(c2ccc(F)cc2)C(C(=O)OCCOC)=C1C. The summed E-state index contributed by atoms with van der Waals surface area (Å²) in [5.74, 6) is -0.757. The number of methoxy groups -OCH3 is 1. The second kappa shape index (κ2) is 9.64. The Hall–Kier alpha value is -1.99. The summed E-state index contributed by atoms with van der Waals surface area (Å²) >= 11 is 5.50. The maximum Gasteiger partial charge on any atom is 0.338 e. The zero-order chi connectivity index (χ0) is 19.1. The van der Waals surface area contributed by atoms with Gasteiger partial charge in [0.15, 0.2) is 5.11 Å². The minimum atomic E-state index is -0.476. The van der Waals surface area contributed by atoms with Crippen LogP contribution in [0, 0.1) is 5.82 Å². The maximum absolute atomic E-state index is 13.3. The molecule has 142 valence electrons. The van der Waals surface area contributed by atoms with Crippen LogP contribution < -0.4 is 5.32 Å². The molecule has 0 amide bonds. The molecule has 1 aliphatic rings. The highest BCUT2D eigenvalue weighted by Gasteiger charge is 2.34. The number of nitrogens with one attached hydrogen (secondary N) is 1. The van der Waals surface area contributed by atoms with E-state index in [9.17, 15) is 9.18 Å². The third-order valence-corrected chi connectivity index (χ3v) is 4.61. The monoisotopic (exact) mass is 380 g/mol. The van der Waals surface area contributed by atoms with Crippen molar-refractivity contribution in [2.24, 2.45) is 0 Å². The number of hydrogen-bond acceptors (Lipinski definition) is 4. The van der Waals surface area contributed by atoms with Crippen molar-refractivity contribution in [2.45, 2.75) is 32.7 Å². The summed E-state index contributed by atoms with van der Waals surface area (Å²) in [6.45, 7) is 5.18. The van der Waals surface area contributed by atoms with Crippen LogP contribution >= 0.6 is 12.2 Å².